The molecule has 0 spiro atoms. The molecule has 1 atom stereocenters. The van der Waals surface area contributed by atoms with Crippen molar-refractivity contribution in [1.82, 2.24) is 9.97 Å². The normalized spacial score (nSPS) is 14.9. The van der Waals surface area contributed by atoms with Crippen molar-refractivity contribution in [3.63, 3.8) is 0 Å². The third kappa shape index (κ3) is 4.35. The van der Waals surface area contributed by atoms with Crippen LogP contribution in [0.15, 0.2) is 66.9 Å². The van der Waals surface area contributed by atoms with Gasteiger partial charge in [0.1, 0.15) is 17.9 Å². The molecule has 1 aliphatic rings. The number of methoxy groups -OCH3 is 2. The number of rotatable bonds is 7. The molecule has 0 aliphatic carbocycles. The fraction of sp³-hybridized carbons (Fsp3) is 0.143. The van der Waals surface area contributed by atoms with Crippen molar-refractivity contribution in [3.05, 3.63) is 78.3 Å². The predicted molar refractivity (Wildman–Crippen MR) is 108 cm³/mol. The third-order valence-electron chi connectivity index (χ3n) is 4.20. The Morgan fingerprint density at radius 1 is 1.00 bits per heavy atom. The van der Waals surface area contributed by atoms with Crippen LogP contribution in [0.25, 0.3) is 0 Å². The number of anilines is 3. The molecule has 0 radical (unpaired) electrons. The van der Waals surface area contributed by atoms with Crippen molar-refractivity contribution in [2.75, 3.05) is 24.9 Å². The van der Waals surface area contributed by atoms with Crippen molar-refractivity contribution >= 4 is 17.5 Å². The van der Waals surface area contributed by atoms with Crippen LogP contribution < -0.4 is 20.1 Å². The van der Waals surface area contributed by atoms with Crippen LogP contribution in [0, 0.1) is 5.82 Å². The van der Waals surface area contributed by atoms with Crippen LogP contribution in [-0.4, -0.2) is 24.2 Å². The van der Waals surface area contributed by atoms with Crippen molar-refractivity contribution < 1.29 is 23.3 Å². The number of hydrogen-bond acceptors (Lipinski definition) is 8. The van der Waals surface area contributed by atoms with E-state index in [2.05, 4.69) is 20.6 Å². The van der Waals surface area contributed by atoms with E-state index >= 15 is 0 Å². The standard InChI is InChI=1S/C21H19FN4O4/c1-27-16-7-6-15(11-17(16)28-2)24-21-23-9-8-18(26-21)25-19-12-29-20(30-19)13-4-3-5-14(22)10-13/h3-12,20H,1-2H3,(H2,23,24,25,26). The summed E-state index contributed by atoms with van der Waals surface area (Å²) in [6.45, 7) is 0. The lowest BCUT2D eigenvalue weighted by Gasteiger charge is -2.13. The van der Waals surface area contributed by atoms with Crippen LogP contribution in [0.1, 0.15) is 11.9 Å². The quantitative estimate of drug-likeness (QED) is 0.595. The molecule has 154 valence electrons. The summed E-state index contributed by atoms with van der Waals surface area (Å²) in [5.41, 5.74) is 1.30. The van der Waals surface area contributed by atoms with E-state index in [1.54, 1.807) is 50.7 Å². The van der Waals surface area contributed by atoms with Gasteiger partial charge < -0.3 is 29.6 Å². The van der Waals surface area contributed by atoms with E-state index in [4.69, 9.17) is 18.9 Å². The molecule has 1 aliphatic heterocycles. The van der Waals surface area contributed by atoms with Crippen LogP contribution in [-0.2, 0) is 9.47 Å². The summed E-state index contributed by atoms with van der Waals surface area (Å²) in [4.78, 5) is 8.61. The maximum Gasteiger partial charge on any atom is 0.268 e. The van der Waals surface area contributed by atoms with E-state index in [0.717, 1.165) is 5.69 Å². The van der Waals surface area contributed by atoms with Crippen molar-refractivity contribution in [2.45, 2.75) is 6.29 Å². The first-order valence-corrected chi connectivity index (χ1v) is 9.01. The van der Waals surface area contributed by atoms with Gasteiger partial charge in [-0.15, -0.1) is 0 Å². The van der Waals surface area contributed by atoms with Crippen LogP contribution in [0.2, 0.25) is 0 Å². The fourth-order valence-corrected chi connectivity index (χ4v) is 2.81. The average molecular weight is 410 g/mol. The van der Waals surface area contributed by atoms with E-state index in [9.17, 15) is 4.39 Å². The lowest BCUT2D eigenvalue weighted by Crippen LogP contribution is -2.06. The van der Waals surface area contributed by atoms with Gasteiger partial charge in [-0.25, -0.2) is 9.37 Å². The summed E-state index contributed by atoms with van der Waals surface area (Å²) in [5.74, 6) is 2.05. The van der Waals surface area contributed by atoms with E-state index in [-0.39, 0.29) is 5.82 Å². The molecule has 0 bridgehead atoms. The first-order chi connectivity index (χ1) is 14.6. The van der Waals surface area contributed by atoms with Gasteiger partial charge in [0.05, 0.1) is 14.2 Å². The summed E-state index contributed by atoms with van der Waals surface area (Å²) >= 11 is 0. The molecular formula is C21H19FN4O4. The first-order valence-electron chi connectivity index (χ1n) is 9.01. The Morgan fingerprint density at radius 3 is 2.67 bits per heavy atom. The van der Waals surface area contributed by atoms with E-state index in [1.165, 1.54) is 18.4 Å². The van der Waals surface area contributed by atoms with Crippen LogP contribution in [0.3, 0.4) is 0 Å². The Labute approximate surface area is 172 Å². The predicted octanol–water partition coefficient (Wildman–Crippen LogP) is 4.33. The van der Waals surface area contributed by atoms with Gasteiger partial charge in [0, 0.05) is 23.5 Å². The highest BCUT2D eigenvalue weighted by atomic mass is 19.1. The van der Waals surface area contributed by atoms with Gasteiger partial charge in [0.15, 0.2) is 11.5 Å². The van der Waals surface area contributed by atoms with Gasteiger partial charge in [-0.3, -0.25) is 0 Å². The van der Waals surface area contributed by atoms with E-state index in [0.29, 0.717) is 34.7 Å². The molecule has 1 aromatic heterocycles. The maximum atomic E-state index is 13.4. The maximum absolute atomic E-state index is 13.4. The van der Waals surface area contributed by atoms with Gasteiger partial charge in [-0.2, -0.15) is 4.98 Å². The summed E-state index contributed by atoms with van der Waals surface area (Å²) < 4.78 is 35.1. The Kier molecular flexibility index (Phi) is 5.51. The van der Waals surface area contributed by atoms with Crippen molar-refractivity contribution in [1.29, 1.82) is 0 Å². The molecule has 2 aromatic carbocycles. The van der Waals surface area contributed by atoms with Gasteiger partial charge in [0.25, 0.3) is 6.29 Å². The molecule has 0 saturated carbocycles. The lowest BCUT2D eigenvalue weighted by molar-refractivity contribution is -0.0325. The Balaban J connectivity index is 1.42. The SMILES string of the molecule is COc1ccc(Nc2nccc(NC3=COC(c4cccc(F)c4)O3)n2)cc1OC. The molecule has 0 saturated heterocycles. The minimum atomic E-state index is -0.727. The Hall–Kier alpha value is -4.01. The van der Waals surface area contributed by atoms with E-state index in [1.807, 2.05) is 6.07 Å². The molecule has 8 nitrogen and oxygen atoms in total. The molecule has 30 heavy (non-hydrogen) atoms. The van der Waals surface area contributed by atoms with Crippen LogP contribution in [0.4, 0.5) is 21.8 Å². The number of halogens is 1. The Morgan fingerprint density at radius 2 is 1.87 bits per heavy atom. The average Bonchev–Trinajstić information content (AvgIpc) is 3.22. The zero-order valence-electron chi connectivity index (χ0n) is 16.3. The lowest BCUT2D eigenvalue weighted by atomic mass is 10.2. The molecule has 0 amide bonds. The topological polar surface area (TPSA) is 86.8 Å². The minimum Gasteiger partial charge on any atom is -0.493 e. The van der Waals surface area contributed by atoms with Gasteiger partial charge in [-0.1, -0.05) is 12.1 Å². The number of hydrogen-bond donors (Lipinski definition) is 2. The summed E-state index contributed by atoms with van der Waals surface area (Å²) in [5, 5.41) is 6.11. The zero-order chi connectivity index (χ0) is 20.9. The molecule has 2 heterocycles. The highest BCUT2D eigenvalue weighted by Crippen LogP contribution is 2.31. The second kappa shape index (κ2) is 8.56. The molecule has 2 N–H and O–H groups in total. The van der Waals surface area contributed by atoms with E-state index < -0.39 is 6.29 Å². The largest absolute Gasteiger partial charge is 0.493 e. The van der Waals surface area contributed by atoms with Gasteiger partial charge in [-0.05, 0) is 30.3 Å². The van der Waals surface area contributed by atoms with Crippen molar-refractivity contribution in [3.8, 4) is 11.5 Å². The highest BCUT2D eigenvalue weighted by molar-refractivity contribution is 5.60. The van der Waals surface area contributed by atoms with Crippen LogP contribution >= 0.6 is 0 Å². The highest BCUT2D eigenvalue weighted by Gasteiger charge is 2.22. The molecule has 1 unspecified atom stereocenters. The smallest absolute Gasteiger partial charge is 0.268 e. The molecule has 3 aromatic rings. The number of ether oxygens (including phenoxy) is 4. The van der Waals surface area contributed by atoms with Crippen LogP contribution in [0.5, 0.6) is 11.5 Å². The monoisotopic (exact) mass is 410 g/mol. The number of aromatic nitrogens is 2. The fourth-order valence-electron chi connectivity index (χ4n) is 2.81. The molecule has 0 fully saturated rings. The minimum absolute atomic E-state index is 0.347. The van der Waals surface area contributed by atoms with Gasteiger partial charge in [0.2, 0.25) is 11.8 Å². The second-order valence-corrected chi connectivity index (χ2v) is 6.21. The summed E-state index contributed by atoms with van der Waals surface area (Å²) in [6, 6.07) is 13.1. The first kappa shape index (κ1) is 19.3. The second-order valence-electron chi connectivity index (χ2n) is 6.21. The third-order valence-corrected chi connectivity index (χ3v) is 4.20. The van der Waals surface area contributed by atoms with Crippen molar-refractivity contribution in [2.24, 2.45) is 0 Å². The number of nitrogens with zero attached hydrogens (tertiary/aromatic N) is 2. The summed E-state index contributed by atoms with van der Waals surface area (Å²) in [6.07, 6.45) is 2.28. The number of nitrogens with one attached hydrogen (secondary N) is 2. The molecule has 4 rings (SSSR count). The molecular weight excluding hydrogens is 391 g/mol. The van der Waals surface area contributed by atoms with Gasteiger partial charge >= 0.3 is 0 Å². The summed E-state index contributed by atoms with van der Waals surface area (Å²) in [7, 11) is 3.14. The Bertz CT molecular complexity index is 1080. The zero-order valence-corrected chi connectivity index (χ0v) is 16.3. The number of benzene rings is 2. The molecule has 9 heteroatoms.